The van der Waals surface area contributed by atoms with Gasteiger partial charge in [-0.05, 0) is 48.4 Å². The Kier molecular flexibility index (Phi) is 7.06. The number of nitrogens with zero attached hydrogens (tertiary/aromatic N) is 2. The van der Waals surface area contributed by atoms with E-state index in [-0.39, 0.29) is 6.67 Å². The second-order valence-corrected chi connectivity index (χ2v) is 8.82. The van der Waals surface area contributed by atoms with E-state index < -0.39 is 23.4 Å². The Bertz CT molecular complexity index is 1000. The second kappa shape index (κ2) is 9.98. The number of ether oxygens (including phenoxy) is 1. The number of halogens is 2. The Morgan fingerprint density at radius 3 is 1.97 bits per heavy atom. The normalized spacial score (nSPS) is 19.2. The van der Waals surface area contributed by atoms with E-state index in [0.29, 0.717) is 56.2 Å². The molecular weight excluding hydrogens is 495 g/mol. The number of alkyl halides is 1. The molecule has 33 heavy (non-hydrogen) atoms. The maximum atomic E-state index is 13.2. The van der Waals surface area contributed by atoms with Crippen LogP contribution < -0.4 is 15.4 Å². The molecule has 0 bridgehead atoms. The minimum atomic E-state index is -1.68. The van der Waals surface area contributed by atoms with Crippen LogP contribution in [0.1, 0.15) is 12.0 Å². The topological polar surface area (TPSA) is 91.0 Å². The summed E-state index contributed by atoms with van der Waals surface area (Å²) in [4.78, 5) is 42.0. The Balaban J connectivity index is 1.60. The number of imide groups is 2. The SMILES string of the molecule is O=C1NC(=O)C(c2ccc(Oc3ccc(Br)cc3)cc2)(N2CCN(CCCF)CC2)C(=O)N1. The van der Waals surface area contributed by atoms with Gasteiger partial charge in [0.25, 0.3) is 11.8 Å². The molecular formula is C23H24BrFN4O4. The molecule has 0 aromatic heterocycles. The lowest BCUT2D eigenvalue weighted by Crippen LogP contribution is -2.72. The summed E-state index contributed by atoms with van der Waals surface area (Å²) in [5.74, 6) is -0.186. The van der Waals surface area contributed by atoms with E-state index in [1.807, 2.05) is 24.3 Å². The van der Waals surface area contributed by atoms with Crippen LogP contribution in [0.3, 0.4) is 0 Å². The van der Waals surface area contributed by atoms with E-state index >= 15 is 0 Å². The van der Waals surface area contributed by atoms with E-state index in [1.54, 1.807) is 29.2 Å². The molecule has 0 atom stereocenters. The van der Waals surface area contributed by atoms with Crippen molar-refractivity contribution in [3.05, 3.63) is 58.6 Å². The van der Waals surface area contributed by atoms with E-state index in [9.17, 15) is 18.8 Å². The van der Waals surface area contributed by atoms with Gasteiger partial charge in [-0.2, -0.15) is 0 Å². The molecule has 8 nitrogen and oxygen atoms in total. The highest BCUT2D eigenvalue weighted by molar-refractivity contribution is 9.10. The number of hydrogen-bond acceptors (Lipinski definition) is 6. The molecule has 0 aliphatic carbocycles. The largest absolute Gasteiger partial charge is 0.457 e. The van der Waals surface area contributed by atoms with Gasteiger partial charge in [0.15, 0.2) is 0 Å². The second-order valence-electron chi connectivity index (χ2n) is 7.90. The van der Waals surface area contributed by atoms with Crippen molar-refractivity contribution >= 4 is 33.8 Å². The molecule has 0 unspecified atom stereocenters. The van der Waals surface area contributed by atoms with Gasteiger partial charge in [-0.15, -0.1) is 0 Å². The molecule has 2 saturated heterocycles. The van der Waals surface area contributed by atoms with Crippen LogP contribution in [-0.2, 0) is 15.1 Å². The molecule has 2 aliphatic heterocycles. The third kappa shape index (κ3) is 4.78. The minimum Gasteiger partial charge on any atom is -0.457 e. The van der Waals surface area contributed by atoms with Crippen LogP contribution >= 0.6 is 15.9 Å². The summed E-state index contributed by atoms with van der Waals surface area (Å²) < 4.78 is 19.3. The number of barbiturate groups is 1. The number of piperazine rings is 1. The molecule has 4 amide bonds. The first-order valence-electron chi connectivity index (χ1n) is 10.7. The number of amides is 4. The van der Waals surface area contributed by atoms with E-state index in [4.69, 9.17) is 4.74 Å². The fourth-order valence-electron chi connectivity index (χ4n) is 4.25. The Hall–Kier alpha value is -2.82. The lowest BCUT2D eigenvalue weighted by atomic mass is 9.84. The van der Waals surface area contributed by atoms with Gasteiger partial charge < -0.3 is 9.64 Å². The van der Waals surface area contributed by atoms with Gasteiger partial charge in [-0.25, -0.2) is 4.79 Å². The number of carbonyl (C=O) groups is 3. The first-order chi connectivity index (χ1) is 15.9. The molecule has 2 aliphatic rings. The van der Waals surface area contributed by atoms with Crippen LogP contribution in [0.2, 0.25) is 0 Å². The number of carbonyl (C=O) groups excluding carboxylic acids is 3. The molecule has 0 saturated carbocycles. The maximum Gasteiger partial charge on any atom is 0.328 e. The molecule has 174 valence electrons. The average Bonchev–Trinajstić information content (AvgIpc) is 2.81. The van der Waals surface area contributed by atoms with Gasteiger partial charge in [-0.3, -0.25) is 29.5 Å². The van der Waals surface area contributed by atoms with E-state index in [2.05, 4.69) is 31.5 Å². The fourth-order valence-corrected chi connectivity index (χ4v) is 4.51. The zero-order valence-electron chi connectivity index (χ0n) is 17.9. The van der Waals surface area contributed by atoms with Gasteiger partial charge >= 0.3 is 6.03 Å². The van der Waals surface area contributed by atoms with Crippen molar-refractivity contribution in [3.63, 3.8) is 0 Å². The van der Waals surface area contributed by atoms with Gasteiger partial charge in [-0.1, -0.05) is 28.1 Å². The monoisotopic (exact) mass is 518 g/mol. The highest BCUT2D eigenvalue weighted by Gasteiger charge is 2.56. The first kappa shape index (κ1) is 23.3. The zero-order valence-corrected chi connectivity index (χ0v) is 19.4. The lowest BCUT2D eigenvalue weighted by Gasteiger charge is -2.46. The quantitative estimate of drug-likeness (QED) is 0.547. The van der Waals surface area contributed by atoms with Crippen LogP contribution in [0, 0.1) is 0 Å². The van der Waals surface area contributed by atoms with Crippen LogP contribution in [0.4, 0.5) is 9.18 Å². The summed E-state index contributed by atoms with van der Waals surface area (Å²) in [5.41, 5.74) is -1.25. The zero-order chi connectivity index (χ0) is 23.4. The van der Waals surface area contributed by atoms with Crippen molar-refractivity contribution in [1.29, 1.82) is 0 Å². The van der Waals surface area contributed by atoms with Crippen LogP contribution in [-0.4, -0.2) is 67.0 Å². The summed E-state index contributed by atoms with van der Waals surface area (Å²) in [5, 5.41) is 4.50. The first-order valence-corrected chi connectivity index (χ1v) is 11.5. The highest BCUT2D eigenvalue weighted by atomic mass is 79.9. The molecule has 10 heteroatoms. The van der Waals surface area contributed by atoms with Crippen LogP contribution in [0.15, 0.2) is 53.0 Å². The van der Waals surface area contributed by atoms with Gasteiger partial charge in [0, 0.05) is 37.2 Å². The lowest BCUT2D eigenvalue weighted by molar-refractivity contribution is -0.150. The number of hydrogen-bond donors (Lipinski definition) is 2. The van der Waals surface area contributed by atoms with Crippen molar-refractivity contribution < 1.29 is 23.5 Å². The Labute approximate surface area is 199 Å². The number of benzene rings is 2. The van der Waals surface area contributed by atoms with E-state index in [1.165, 1.54) is 0 Å². The third-order valence-corrected chi connectivity index (χ3v) is 6.42. The smallest absolute Gasteiger partial charge is 0.328 e. The summed E-state index contributed by atoms with van der Waals surface area (Å²) >= 11 is 3.38. The predicted octanol–water partition coefficient (Wildman–Crippen LogP) is 2.78. The summed E-state index contributed by atoms with van der Waals surface area (Å²) in [6.45, 7) is 2.24. The van der Waals surface area contributed by atoms with Gasteiger partial charge in [0.2, 0.25) is 5.54 Å². The molecule has 2 aromatic carbocycles. The van der Waals surface area contributed by atoms with Crippen molar-refractivity contribution in [2.45, 2.75) is 12.0 Å². The molecule has 4 rings (SSSR count). The Morgan fingerprint density at radius 2 is 1.42 bits per heavy atom. The summed E-state index contributed by atoms with van der Waals surface area (Å²) in [6.07, 6.45) is 0.445. The van der Waals surface area contributed by atoms with Gasteiger partial charge in [0.1, 0.15) is 11.5 Å². The van der Waals surface area contributed by atoms with Crippen molar-refractivity contribution in [3.8, 4) is 11.5 Å². The molecule has 2 fully saturated rings. The van der Waals surface area contributed by atoms with Crippen molar-refractivity contribution in [2.24, 2.45) is 0 Å². The van der Waals surface area contributed by atoms with Crippen molar-refractivity contribution in [2.75, 3.05) is 39.4 Å². The number of urea groups is 1. The highest BCUT2D eigenvalue weighted by Crippen LogP contribution is 2.34. The summed E-state index contributed by atoms with van der Waals surface area (Å²) in [7, 11) is 0. The van der Waals surface area contributed by atoms with Crippen LogP contribution in [0.5, 0.6) is 11.5 Å². The molecule has 0 spiro atoms. The predicted molar refractivity (Wildman–Crippen MR) is 123 cm³/mol. The maximum absolute atomic E-state index is 13.2. The van der Waals surface area contributed by atoms with Crippen LogP contribution in [0.25, 0.3) is 0 Å². The number of rotatable bonds is 7. The summed E-state index contributed by atoms with van der Waals surface area (Å²) in [6, 6.07) is 13.2. The molecule has 2 aromatic rings. The van der Waals surface area contributed by atoms with Crippen molar-refractivity contribution in [1.82, 2.24) is 20.4 Å². The molecule has 0 radical (unpaired) electrons. The average molecular weight is 519 g/mol. The minimum absolute atomic E-state index is 0.383. The molecule has 2 N–H and O–H groups in total. The molecule has 2 heterocycles. The van der Waals surface area contributed by atoms with Gasteiger partial charge in [0.05, 0.1) is 6.67 Å². The number of nitrogens with one attached hydrogen (secondary N) is 2. The fraction of sp³-hybridized carbons (Fsp3) is 0.348. The third-order valence-electron chi connectivity index (χ3n) is 5.89. The standard InChI is InChI=1S/C23H24BrFN4O4/c24-17-4-8-19(9-5-17)33-18-6-2-16(3-7-18)23(20(30)26-22(32)27-21(23)31)29-14-12-28(13-15-29)11-1-10-25/h2-9H,1,10-15H2,(H2,26,27,30,31,32). The Morgan fingerprint density at radius 1 is 0.879 bits per heavy atom. The van der Waals surface area contributed by atoms with E-state index in [0.717, 1.165) is 4.47 Å².